The number of anilines is 1. The maximum atomic E-state index is 13.1. The van der Waals surface area contributed by atoms with E-state index in [1.807, 2.05) is 6.07 Å². The van der Waals surface area contributed by atoms with Crippen LogP contribution in [-0.4, -0.2) is 52.7 Å². The van der Waals surface area contributed by atoms with Gasteiger partial charge in [0.05, 0.1) is 23.5 Å². The molecular formula is C28H30N2O7. The van der Waals surface area contributed by atoms with Crippen LogP contribution < -0.4 is 5.32 Å². The molecule has 2 heterocycles. The van der Waals surface area contributed by atoms with Gasteiger partial charge in [0, 0.05) is 11.3 Å². The molecule has 2 aromatic rings. The fourth-order valence-corrected chi connectivity index (χ4v) is 4.52. The van der Waals surface area contributed by atoms with E-state index < -0.39 is 42.2 Å². The lowest BCUT2D eigenvalue weighted by Gasteiger charge is -2.44. The molecule has 2 aliphatic rings. The van der Waals surface area contributed by atoms with Gasteiger partial charge in [0.1, 0.15) is 5.70 Å². The molecule has 9 nitrogen and oxygen atoms in total. The largest absolute Gasteiger partial charge is 0.427 e. The monoisotopic (exact) mass is 506 g/mol. The molecule has 1 fully saturated rings. The maximum absolute atomic E-state index is 13.1. The Morgan fingerprint density at radius 2 is 1.78 bits per heavy atom. The first kappa shape index (κ1) is 26.1. The molecule has 194 valence electrons. The predicted molar refractivity (Wildman–Crippen MR) is 135 cm³/mol. The van der Waals surface area contributed by atoms with Crippen LogP contribution in [0, 0.1) is 11.3 Å². The molecule has 0 spiro atoms. The molecule has 2 amide bonds. The zero-order valence-corrected chi connectivity index (χ0v) is 21.2. The highest BCUT2D eigenvalue weighted by Crippen LogP contribution is 2.47. The lowest BCUT2D eigenvalue weighted by Crippen LogP contribution is -2.61. The topological polar surface area (TPSA) is 122 Å². The lowest BCUT2D eigenvalue weighted by molar-refractivity contribution is -0.175. The normalized spacial score (nSPS) is 19.6. The van der Waals surface area contributed by atoms with Crippen molar-refractivity contribution in [2.75, 3.05) is 12.1 Å². The zero-order valence-electron chi connectivity index (χ0n) is 21.2. The second-order valence-corrected chi connectivity index (χ2v) is 10.2. The summed E-state index contributed by atoms with van der Waals surface area (Å²) in [4.78, 5) is 52.0. The van der Waals surface area contributed by atoms with Gasteiger partial charge in [0.25, 0.3) is 5.91 Å². The third-order valence-corrected chi connectivity index (χ3v) is 6.42. The number of aliphatic hydroxyl groups is 1. The van der Waals surface area contributed by atoms with E-state index >= 15 is 0 Å². The van der Waals surface area contributed by atoms with Crippen molar-refractivity contribution in [1.82, 2.24) is 4.90 Å². The Bertz CT molecular complexity index is 1260. The highest BCUT2D eigenvalue weighted by molar-refractivity contribution is 6.07. The fourth-order valence-electron chi connectivity index (χ4n) is 4.52. The van der Waals surface area contributed by atoms with Gasteiger partial charge in [0.2, 0.25) is 12.7 Å². The smallest absolute Gasteiger partial charge is 0.358 e. The number of β-lactam (4-membered cyclic amide) rings is 1. The van der Waals surface area contributed by atoms with Crippen molar-refractivity contribution in [2.24, 2.45) is 11.3 Å². The lowest BCUT2D eigenvalue weighted by atomic mass is 9.82. The van der Waals surface area contributed by atoms with Crippen LogP contribution in [0.3, 0.4) is 0 Å². The number of nitrogens with one attached hydrogen (secondary N) is 1. The molecule has 2 aromatic carbocycles. The minimum atomic E-state index is -0.880. The van der Waals surface area contributed by atoms with Gasteiger partial charge in [-0.2, -0.15) is 0 Å². The van der Waals surface area contributed by atoms with Gasteiger partial charge in [-0.05, 0) is 69.5 Å². The van der Waals surface area contributed by atoms with Crippen LogP contribution in [-0.2, 0) is 23.9 Å². The van der Waals surface area contributed by atoms with E-state index in [9.17, 15) is 24.3 Å². The molecule has 0 unspecified atom stereocenters. The number of esters is 2. The van der Waals surface area contributed by atoms with E-state index in [4.69, 9.17) is 9.47 Å². The molecule has 0 bridgehead atoms. The van der Waals surface area contributed by atoms with Gasteiger partial charge in [-0.25, -0.2) is 4.79 Å². The second kappa shape index (κ2) is 10.2. The third kappa shape index (κ3) is 5.27. The van der Waals surface area contributed by atoms with Crippen LogP contribution in [0.5, 0.6) is 0 Å². The Hall–Kier alpha value is -3.98. The number of amides is 2. The first-order valence-electron chi connectivity index (χ1n) is 12.0. The van der Waals surface area contributed by atoms with Gasteiger partial charge >= 0.3 is 11.9 Å². The van der Waals surface area contributed by atoms with Crippen molar-refractivity contribution in [1.29, 1.82) is 0 Å². The Kier molecular flexibility index (Phi) is 7.18. The molecule has 37 heavy (non-hydrogen) atoms. The summed E-state index contributed by atoms with van der Waals surface area (Å²) in [6.07, 6.45) is -0.557. The van der Waals surface area contributed by atoms with E-state index in [1.165, 1.54) is 4.90 Å². The maximum Gasteiger partial charge on any atom is 0.358 e. The van der Waals surface area contributed by atoms with E-state index in [2.05, 4.69) is 5.32 Å². The predicted octanol–water partition coefficient (Wildman–Crippen LogP) is 3.35. The number of carbonyl (C=O) groups excluding carboxylic acids is 4. The van der Waals surface area contributed by atoms with E-state index in [-0.39, 0.29) is 17.5 Å². The fraction of sp³-hybridized carbons (Fsp3) is 0.357. The summed E-state index contributed by atoms with van der Waals surface area (Å²) in [5.41, 5.74) is 1.46. The van der Waals surface area contributed by atoms with Gasteiger partial charge in [0.15, 0.2) is 0 Å². The number of nitrogens with zero attached hydrogens (tertiary/aromatic N) is 1. The third-order valence-electron chi connectivity index (χ3n) is 6.42. The molecule has 0 aliphatic carbocycles. The Morgan fingerprint density at radius 1 is 1.08 bits per heavy atom. The van der Waals surface area contributed by atoms with Crippen molar-refractivity contribution < 1.29 is 33.8 Å². The number of fused-ring (bicyclic) bond motifs is 1. The molecule has 2 N–H and O–H groups in total. The van der Waals surface area contributed by atoms with Crippen molar-refractivity contribution in [3.63, 3.8) is 0 Å². The Morgan fingerprint density at radius 3 is 2.43 bits per heavy atom. The highest BCUT2D eigenvalue weighted by Gasteiger charge is 2.57. The molecule has 9 heteroatoms. The summed E-state index contributed by atoms with van der Waals surface area (Å²) >= 11 is 0. The van der Waals surface area contributed by atoms with E-state index in [0.29, 0.717) is 28.8 Å². The average Bonchev–Trinajstić information content (AvgIpc) is 3.19. The van der Waals surface area contributed by atoms with Gasteiger partial charge in [-0.15, -0.1) is 0 Å². The van der Waals surface area contributed by atoms with Crippen LogP contribution in [0.1, 0.15) is 50.0 Å². The zero-order chi connectivity index (χ0) is 26.9. The van der Waals surface area contributed by atoms with Crippen LogP contribution >= 0.6 is 0 Å². The van der Waals surface area contributed by atoms with Crippen molar-refractivity contribution in [3.8, 4) is 0 Å². The van der Waals surface area contributed by atoms with Crippen molar-refractivity contribution in [3.05, 3.63) is 71.4 Å². The van der Waals surface area contributed by atoms with Gasteiger partial charge in [-0.1, -0.05) is 30.3 Å². The summed E-state index contributed by atoms with van der Waals surface area (Å²) in [6.45, 7) is 5.99. The quantitative estimate of drug-likeness (QED) is 0.335. The van der Waals surface area contributed by atoms with Crippen LogP contribution in [0.2, 0.25) is 0 Å². The van der Waals surface area contributed by atoms with Crippen LogP contribution in [0.4, 0.5) is 5.69 Å². The summed E-state index contributed by atoms with van der Waals surface area (Å²) in [7, 11) is 0. The van der Waals surface area contributed by atoms with Crippen LogP contribution in [0.15, 0.2) is 60.3 Å². The second-order valence-electron chi connectivity index (χ2n) is 10.2. The van der Waals surface area contributed by atoms with Crippen LogP contribution in [0.25, 0.3) is 5.57 Å². The summed E-state index contributed by atoms with van der Waals surface area (Å²) < 4.78 is 10.3. The van der Waals surface area contributed by atoms with Gasteiger partial charge < -0.3 is 24.8 Å². The summed E-state index contributed by atoms with van der Waals surface area (Å²) in [6, 6.07) is 15.3. The summed E-state index contributed by atoms with van der Waals surface area (Å²) in [5.74, 6) is -2.64. The molecule has 0 aromatic heterocycles. The number of hydrogen-bond acceptors (Lipinski definition) is 7. The number of hydrogen-bond donors (Lipinski definition) is 2. The standard InChI is InChI=1S/C28H30N2O7/c1-16(31)22-21-14-20(18-11-8-12-19(13-18)29-24(32)17-9-6-5-7-10-17)23(30(21)25(22)33)26(34)36-15-37-27(35)28(2,3)4/h5-13,16,21-22,31H,14-15H2,1-4H3,(H,29,32)/t16-,21-,22-/m1/s1. The highest BCUT2D eigenvalue weighted by atomic mass is 16.7. The minimum Gasteiger partial charge on any atom is -0.427 e. The number of ether oxygens (including phenoxy) is 2. The minimum absolute atomic E-state index is 0.0465. The average molecular weight is 507 g/mol. The van der Waals surface area contributed by atoms with Crippen molar-refractivity contribution >= 4 is 35.0 Å². The number of rotatable bonds is 7. The molecule has 2 aliphatic heterocycles. The van der Waals surface area contributed by atoms with Gasteiger partial charge in [-0.3, -0.25) is 14.4 Å². The van der Waals surface area contributed by atoms with Crippen molar-refractivity contribution in [2.45, 2.75) is 46.3 Å². The first-order valence-corrected chi connectivity index (χ1v) is 12.0. The Balaban J connectivity index is 1.60. The SMILES string of the molecule is C[C@@H](O)[C@H]1C(=O)N2C(C(=O)OCOC(=O)C(C)(C)C)=C(c3cccc(NC(=O)c4ccccc4)c3)C[C@H]12. The molecular weight excluding hydrogens is 476 g/mol. The molecule has 4 rings (SSSR count). The van der Waals surface area contributed by atoms with E-state index in [0.717, 1.165) is 0 Å². The molecule has 0 saturated carbocycles. The molecule has 3 atom stereocenters. The Labute approximate surface area is 215 Å². The number of carbonyl (C=O) groups is 4. The first-order chi connectivity index (χ1) is 17.5. The van der Waals surface area contributed by atoms with E-state index in [1.54, 1.807) is 76.2 Å². The molecule has 0 radical (unpaired) electrons. The summed E-state index contributed by atoms with van der Waals surface area (Å²) in [5, 5.41) is 13.0. The molecule has 1 saturated heterocycles. The number of benzene rings is 2. The number of aliphatic hydroxyl groups excluding tert-OH is 1.